The number of benzene rings is 2. The second-order valence-corrected chi connectivity index (χ2v) is 8.49. The van der Waals surface area contributed by atoms with Gasteiger partial charge in [0.1, 0.15) is 6.17 Å². The van der Waals surface area contributed by atoms with Crippen molar-refractivity contribution in [2.45, 2.75) is 9.96 Å². The molecule has 0 aliphatic carbocycles. The van der Waals surface area contributed by atoms with Gasteiger partial charge >= 0.3 is 5.97 Å². The summed E-state index contributed by atoms with van der Waals surface area (Å²) in [5.74, 6) is -1.54. The van der Waals surface area contributed by atoms with Crippen LogP contribution in [-0.2, 0) is 4.79 Å². The molecule has 2 rings (SSSR count). The molecule has 2 aromatic rings. The van der Waals surface area contributed by atoms with Crippen molar-refractivity contribution in [3.63, 3.8) is 0 Å². The van der Waals surface area contributed by atoms with E-state index in [-0.39, 0.29) is 10.7 Å². The molecular formula is C19H16Cl3N3O3S. The van der Waals surface area contributed by atoms with Crippen LogP contribution in [0.4, 0.5) is 5.69 Å². The molecule has 1 atom stereocenters. The van der Waals surface area contributed by atoms with E-state index in [0.717, 1.165) is 5.56 Å². The van der Waals surface area contributed by atoms with Gasteiger partial charge in [0.2, 0.25) is 9.70 Å². The Kier molecular flexibility index (Phi) is 8.28. The highest BCUT2D eigenvalue weighted by atomic mass is 35.6. The fourth-order valence-corrected chi connectivity index (χ4v) is 2.68. The lowest BCUT2D eigenvalue weighted by molar-refractivity contribution is -0.117. The number of carboxylic acid groups (broad SMARTS) is 1. The number of nitrogens with one attached hydrogen (secondary N) is 3. The first kappa shape index (κ1) is 23.0. The molecule has 6 nitrogen and oxygen atoms in total. The Bertz CT molecular complexity index is 900. The summed E-state index contributed by atoms with van der Waals surface area (Å²) in [5.41, 5.74) is 1.49. The van der Waals surface area contributed by atoms with E-state index in [2.05, 4.69) is 16.0 Å². The molecule has 10 heteroatoms. The summed E-state index contributed by atoms with van der Waals surface area (Å²) < 4.78 is -1.89. The van der Waals surface area contributed by atoms with Crippen LogP contribution >= 0.6 is 47.0 Å². The van der Waals surface area contributed by atoms with Crippen molar-refractivity contribution < 1.29 is 14.7 Å². The average molecular weight is 473 g/mol. The minimum Gasteiger partial charge on any atom is -0.478 e. The summed E-state index contributed by atoms with van der Waals surface area (Å²) in [6.07, 6.45) is 1.80. The lowest BCUT2D eigenvalue weighted by Crippen LogP contribution is -2.55. The molecule has 2 aromatic carbocycles. The topological polar surface area (TPSA) is 90.5 Å². The van der Waals surface area contributed by atoms with E-state index in [4.69, 9.17) is 52.1 Å². The van der Waals surface area contributed by atoms with Crippen molar-refractivity contribution in [2.24, 2.45) is 0 Å². The number of carboxylic acids is 1. The standard InChI is InChI=1S/C19H16Cl3N3O3S/c20-19(21,22)17(24-15(26)11-6-12-4-2-1-3-5-12)25-18(29)23-14-9-7-13(8-10-14)16(27)28/h1-11,17H,(H,24,26)(H,27,28)(H2,23,25,29)/b11-6-/t17-/m1/s1. The zero-order valence-electron chi connectivity index (χ0n) is 14.7. The van der Waals surface area contributed by atoms with Crippen molar-refractivity contribution in [2.75, 3.05) is 5.32 Å². The Morgan fingerprint density at radius 1 is 1.00 bits per heavy atom. The Hall–Kier alpha value is -2.32. The van der Waals surface area contributed by atoms with Crippen LogP contribution in [0.1, 0.15) is 15.9 Å². The predicted molar refractivity (Wildman–Crippen MR) is 120 cm³/mol. The van der Waals surface area contributed by atoms with Gasteiger partial charge in [-0.2, -0.15) is 0 Å². The van der Waals surface area contributed by atoms with Gasteiger partial charge in [-0.3, -0.25) is 4.79 Å². The first-order chi connectivity index (χ1) is 13.6. The summed E-state index contributed by atoms with van der Waals surface area (Å²) in [7, 11) is 0. The molecule has 0 heterocycles. The zero-order valence-corrected chi connectivity index (χ0v) is 17.8. The molecule has 0 spiro atoms. The fraction of sp³-hybridized carbons (Fsp3) is 0.105. The monoisotopic (exact) mass is 471 g/mol. The Labute approximate surface area is 187 Å². The lowest BCUT2D eigenvalue weighted by atomic mass is 10.2. The first-order valence-corrected chi connectivity index (χ1v) is 9.70. The van der Waals surface area contributed by atoms with Gasteiger partial charge in [-0.15, -0.1) is 0 Å². The van der Waals surface area contributed by atoms with Gasteiger partial charge < -0.3 is 21.1 Å². The molecule has 0 bridgehead atoms. The molecule has 0 unspecified atom stereocenters. The summed E-state index contributed by atoms with van der Waals surface area (Å²) >= 11 is 23.0. The summed E-state index contributed by atoms with van der Waals surface area (Å²) in [5, 5.41) is 17.1. The normalized spacial score (nSPS) is 12.2. The number of thiocarbonyl (C=S) groups is 1. The van der Waals surface area contributed by atoms with Crippen molar-refractivity contribution >= 4 is 75.8 Å². The predicted octanol–water partition coefficient (Wildman–Crippen LogP) is 4.20. The number of anilines is 1. The Morgan fingerprint density at radius 2 is 1.62 bits per heavy atom. The maximum Gasteiger partial charge on any atom is 0.335 e. The minimum absolute atomic E-state index is 0.0664. The van der Waals surface area contributed by atoms with E-state index >= 15 is 0 Å². The maximum absolute atomic E-state index is 12.2. The number of aromatic carboxylic acids is 1. The van der Waals surface area contributed by atoms with Crippen LogP contribution in [-0.4, -0.2) is 32.1 Å². The molecule has 0 saturated heterocycles. The molecule has 0 aliphatic heterocycles. The molecule has 0 radical (unpaired) electrons. The molecule has 1 amide bonds. The van der Waals surface area contributed by atoms with Gasteiger partial charge in [-0.1, -0.05) is 65.1 Å². The lowest BCUT2D eigenvalue weighted by Gasteiger charge is -2.27. The molecule has 152 valence electrons. The first-order valence-electron chi connectivity index (χ1n) is 8.16. The third-order valence-electron chi connectivity index (χ3n) is 3.51. The highest BCUT2D eigenvalue weighted by Gasteiger charge is 2.34. The van der Waals surface area contributed by atoms with E-state index < -0.39 is 21.8 Å². The van der Waals surface area contributed by atoms with Gasteiger partial charge in [0.05, 0.1) is 5.56 Å². The summed E-state index contributed by atoms with van der Waals surface area (Å²) in [6.45, 7) is 0. The summed E-state index contributed by atoms with van der Waals surface area (Å²) in [6, 6.07) is 15.1. The van der Waals surface area contributed by atoms with E-state index in [0.29, 0.717) is 5.69 Å². The Morgan fingerprint density at radius 3 is 2.17 bits per heavy atom. The number of carbonyl (C=O) groups is 2. The molecular weight excluding hydrogens is 457 g/mol. The molecule has 29 heavy (non-hydrogen) atoms. The number of halogens is 3. The number of carbonyl (C=O) groups excluding carboxylic acids is 1. The number of amides is 1. The van der Waals surface area contributed by atoms with Crippen LogP contribution in [0.3, 0.4) is 0 Å². The maximum atomic E-state index is 12.2. The summed E-state index contributed by atoms with van der Waals surface area (Å²) in [4.78, 5) is 23.1. The van der Waals surface area contributed by atoms with Crippen LogP contribution in [0.5, 0.6) is 0 Å². The average Bonchev–Trinajstić information content (AvgIpc) is 2.66. The fourth-order valence-electron chi connectivity index (χ4n) is 2.12. The van der Waals surface area contributed by atoms with Crippen molar-refractivity contribution in [3.05, 3.63) is 71.8 Å². The van der Waals surface area contributed by atoms with Crippen LogP contribution in [0.15, 0.2) is 60.7 Å². The highest BCUT2D eigenvalue weighted by molar-refractivity contribution is 7.80. The minimum atomic E-state index is -1.89. The molecule has 0 fully saturated rings. The zero-order chi connectivity index (χ0) is 21.4. The van der Waals surface area contributed by atoms with Crippen LogP contribution in [0.2, 0.25) is 0 Å². The van der Waals surface area contributed by atoms with E-state index in [1.807, 2.05) is 30.3 Å². The Balaban J connectivity index is 1.98. The SMILES string of the molecule is O=C(/C=C\c1ccccc1)N[C@H](NC(=S)Nc1ccc(C(=O)O)cc1)C(Cl)(Cl)Cl. The van der Waals surface area contributed by atoms with Crippen molar-refractivity contribution in [1.82, 2.24) is 10.6 Å². The van der Waals surface area contributed by atoms with Gasteiger partial charge in [0.25, 0.3) is 0 Å². The number of hydrogen-bond donors (Lipinski definition) is 4. The van der Waals surface area contributed by atoms with E-state index in [9.17, 15) is 9.59 Å². The number of alkyl halides is 3. The second kappa shape index (κ2) is 10.5. The van der Waals surface area contributed by atoms with Crippen LogP contribution in [0, 0.1) is 0 Å². The molecule has 0 saturated carbocycles. The smallest absolute Gasteiger partial charge is 0.335 e. The molecule has 0 aromatic heterocycles. The van der Waals surface area contributed by atoms with Gasteiger partial charge in [0.15, 0.2) is 5.11 Å². The largest absolute Gasteiger partial charge is 0.478 e. The van der Waals surface area contributed by atoms with E-state index in [1.165, 1.54) is 30.3 Å². The van der Waals surface area contributed by atoms with Gasteiger partial charge in [0, 0.05) is 11.8 Å². The van der Waals surface area contributed by atoms with E-state index in [1.54, 1.807) is 6.08 Å². The van der Waals surface area contributed by atoms with Gasteiger partial charge in [-0.25, -0.2) is 4.79 Å². The molecule has 4 N–H and O–H groups in total. The highest BCUT2D eigenvalue weighted by Crippen LogP contribution is 2.29. The van der Waals surface area contributed by atoms with Crippen LogP contribution < -0.4 is 16.0 Å². The van der Waals surface area contributed by atoms with Crippen molar-refractivity contribution in [1.29, 1.82) is 0 Å². The quantitative estimate of drug-likeness (QED) is 0.218. The van der Waals surface area contributed by atoms with Crippen molar-refractivity contribution in [3.8, 4) is 0 Å². The third-order valence-corrected chi connectivity index (χ3v) is 4.38. The number of rotatable bonds is 6. The number of hydrogen-bond acceptors (Lipinski definition) is 3. The second-order valence-electron chi connectivity index (χ2n) is 5.71. The van der Waals surface area contributed by atoms with Gasteiger partial charge in [-0.05, 0) is 48.1 Å². The third kappa shape index (κ3) is 7.91. The molecule has 0 aliphatic rings. The van der Waals surface area contributed by atoms with Crippen LogP contribution in [0.25, 0.3) is 6.08 Å².